The summed E-state index contributed by atoms with van der Waals surface area (Å²) in [5.74, 6) is 1.36. The fourth-order valence-electron chi connectivity index (χ4n) is 2.23. The van der Waals surface area contributed by atoms with Gasteiger partial charge in [-0.25, -0.2) is 0 Å². The summed E-state index contributed by atoms with van der Waals surface area (Å²) in [6.45, 7) is 2.79. The van der Waals surface area contributed by atoms with Crippen LogP contribution in [0.3, 0.4) is 0 Å². The van der Waals surface area contributed by atoms with Crippen LogP contribution in [0.1, 0.15) is 24.9 Å². The van der Waals surface area contributed by atoms with E-state index in [9.17, 15) is 4.79 Å². The van der Waals surface area contributed by atoms with Gasteiger partial charge in [0.25, 0.3) is 0 Å². The first-order valence-corrected chi connectivity index (χ1v) is 6.06. The Balaban J connectivity index is 1.72. The summed E-state index contributed by atoms with van der Waals surface area (Å²) in [4.78, 5) is 11.4. The van der Waals surface area contributed by atoms with Gasteiger partial charge in [0.2, 0.25) is 6.79 Å². The Labute approximate surface area is 105 Å². The van der Waals surface area contributed by atoms with Crippen molar-refractivity contribution in [2.45, 2.75) is 25.4 Å². The number of carbonyl (C=O) groups excluding carboxylic acids is 1. The quantitative estimate of drug-likeness (QED) is 0.820. The summed E-state index contributed by atoms with van der Waals surface area (Å²) < 4.78 is 15.5. The van der Waals surface area contributed by atoms with Gasteiger partial charge in [0.15, 0.2) is 11.5 Å². The third kappa shape index (κ3) is 2.01. The molecule has 1 saturated heterocycles. The molecular formula is C13H15NO4. The van der Waals surface area contributed by atoms with Crippen LogP contribution in [0, 0.1) is 0 Å². The van der Waals surface area contributed by atoms with Crippen LogP contribution in [0.4, 0.5) is 0 Å². The number of nitrogens with one attached hydrogen (secondary N) is 1. The molecule has 0 saturated carbocycles. The predicted octanol–water partition coefficient (Wildman–Crippen LogP) is 1.38. The average molecular weight is 249 g/mol. The molecule has 0 amide bonds. The minimum Gasteiger partial charge on any atom is -0.464 e. The lowest BCUT2D eigenvalue weighted by atomic mass is 10.1. The molecule has 2 heterocycles. The van der Waals surface area contributed by atoms with Gasteiger partial charge in [-0.3, -0.25) is 10.1 Å². The number of fused-ring (bicyclic) bond motifs is 1. The number of hydrogen-bond donors (Lipinski definition) is 1. The van der Waals surface area contributed by atoms with Crippen molar-refractivity contribution >= 4 is 5.97 Å². The molecule has 18 heavy (non-hydrogen) atoms. The van der Waals surface area contributed by atoms with Crippen molar-refractivity contribution in [1.29, 1.82) is 0 Å². The normalized spacial score (nSPS) is 22.9. The second kappa shape index (κ2) is 4.49. The third-order valence-electron chi connectivity index (χ3n) is 3.28. The summed E-state index contributed by atoms with van der Waals surface area (Å²) in [7, 11) is 0. The predicted molar refractivity (Wildman–Crippen MR) is 63.5 cm³/mol. The molecule has 5 heteroatoms. The Morgan fingerprint density at radius 2 is 2.11 bits per heavy atom. The summed E-state index contributed by atoms with van der Waals surface area (Å²) >= 11 is 0. The molecule has 2 aliphatic heterocycles. The summed E-state index contributed by atoms with van der Waals surface area (Å²) in [6.07, 6.45) is 0.730. The molecule has 1 fully saturated rings. The maximum atomic E-state index is 11.4. The van der Waals surface area contributed by atoms with E-state index in [-0.39, 0.29) is 24.8 Å². The van der Waals surface area contributed by atoms with Crippen molar-refractivity contribution in [3.8, 4) is 11.5 Å². The van der Waals surface area contributed by atoms with Crippen LogP contribution in [0.2, 0.25) is 0 Å². The molecular weight excluding hydrogens is 234 g/mol. The smallest absolute Gasteiger partial charge is 0.323 e. The Morgan fingerprint density at radius 3 is 2.89 bits per heavy atom. The third-order valence-corrected chi connectivity index (χ3v) is 3.28. The minimum absolute atomic E-state index is 0.0650. The first-order valence-electron chi connectivity index (χ1n) is 6.06. The molecule has 2 aliphatic rings. The molecule has 3 rings (SSSR count). The van der Waals surface area contributed by atoms with Crippen molar-refractivity contribution < 1.29 is 19.0 Å². The highest BCUT2D eigenvalue weighted by molar-refractivity contribution is 5.77. The molecule has 96 valence electrons. The first-order chi connectivity index (χ1) is 8.74. The van der Waals surface area contributed by atoms with Gasteiger partial charge in [0, 0.05) is 12.5 Å². The standard InChI is InChI=1S/C13H15NO4/c1-8(14-10-4-5-16-13(10)15)9-2-3-11-12(6-9)18-7-17-11/h2-3,6,8,10,14H,4-5,7H2,1H3. The van der Waals surface area contributed by atoms with E-state index in [0.29, 0.717) is 6.61 Å². The van der Waals surface area contributed by atoms with Gasteiger partial charge in [-0.1, -0.05) is 6.07 Å². The summed E-state index contributed by atoms with van der Waals surface area (Å²) in [5.41, 5.74) is 1.07. The van der Waals surface area contributed by atoms with E-state index in [1.807, 2.05) is 25.1 Å². The molecule has 0 aliphatic carbocycles. The van der Waals surface area contributed by atoms with Crippen LogP contribution in [0.15, 0.2) is 18.2 Å². The van der Waals surface area contributed by atoms with Crippen LogP contribution in [0.25, 0.3) is 0 Å². The molecule has 1 aromatic carbocycles. The second-order valence-electron chi connectivity index (χ2n) is 4.51. The van der Waals surface area contributed by atoms with Gasteiger partial charge in [-0.05, 0) is 24.6 Å². The SMILES string of the molecule is CC(NC1CCOC1=O)c1ccc2c(c1)OCO2. The molecule has 0 spiro atoms. The molecule has 0 bridgehead atoms. The fraction of sp³-hybridized carbons (Fsp3) is 0.462. The second-order valence-corrected chi connectivity index (χ2v) is 4.51. The number of ether oxygens (including phenoxy) is 3. The van der Waals surface area contributed by atoms with Crippen LogP contribution in [0.5, 0.6) is 11.5 Å². The van der Waals surface area contributed by atoms with E-state index in [0.717, 1.165) is 23.5 Å². The Hall–Kier alpha value is -1.75. The van der Waals surface area contributed by atoms with Crippen molar-refractivity contribution in [2.75, 3.05) is 13.4 Å². The Bertz CT molecular complexity index is 474. The lowest BCUT2D eigenvalue weighted by molar-refractivity contribution is -0.139. The highest BCUT2D eigenvalue weighted by atomic mass is 16.7. The lowest BCUT2D eigenvalue weighted by Crippen LogP contribution is -2.35. The van der Waals surface area contributed by atoms with Crippen LogP contribution in [-0.4, -0.2) is 25.4 Å². The molecule has 5 nitrogen and oxygen atoms in total. The highest BCUT2D eigenvalue weighted by Crippen LogP contribution is 2.34. The minimum atomic E-state index is -0.203. The topological polar surface area (TPSA) is 56.8 Å². The Kier molecular flexibility index (Phi) is 2.83. The van der Waals surface area contributed by atoms with Crippen molar-refractivity contribution in [1.82, 2.24) is 5.32 Å². The van der Waals surface area contributed by atoms with Gasteiger partial charge in [0.1, 0.15) is 6.04 Å². The first kappa shape index (κ1) is 11.3. The van der Waals surface area contributed by atoms with Crippen molar-refractivity contribution in [3.63, 3.8) is 0 Å². The van der Waals surface area contributed by atoms with Crippen molar-refractivity contribution in [3.05, 3.63) is 23.8 Å². The summed E-state index contributed by atoms with van der Waals surface area (Å²) in [6, 6.07) is 5.68. The zero-order chi connectivity index (χ0) is 12.5. The molecule has 0 radical (unpaired) electrons. The van der Waals surface area contributed by atoms with Crippen LogP contribution < -0.4 is 14.8 Å². The van der Waals surface area contributed by atoms with Crippen LogP contribution in [-0.2, 0) is 9.53 Å². The summed E-state index contributed by atoms with van der Waals surface area (Å²) in [5, 5.41) is 3.27. The largest absolute Gasteiger partial charge is 0.464 e. The molecule has 1 N–H and O–H groups in total. The van der Waals surface area contributed by atoms with E-state index >= 15 is 0 Å². The number of hydrogen-bond acceptors (Lipinski definition) is 5. The van der Waals surface area contributed by atoms with E-state index in [1.54, 1.807) is 0 Å². The lowest BCUT2D eigenvalue weighted by Gasteiger charge is -2.17. The number of rotatable bonds is 3. The van der Waals surface area contributed by atoms with Crippen LogP contribution >= 0.6 is 0 Å². The van der Waals surface area contributed by atoms with Gasteiger partial charge < -0.3 is 14.2 Å². The maximum absolute atomic E-state index is 11.4. The zero-order valence-corrected chi connectivity index (χ0v) is 10.1. The highest BCUT2D eigenvalue weighted by Gasteiger charge is 2.28. The maximum Gasteiger partial charge on any atom is 0.323 e. The van der Waals surface area contributed by atoms with Gasteiger partial charge in [0.05, 0.1) is 6.61 Å². The number of esters is 1. The Morgan fingerprint density at radius 1 is 1.28 bits per heavy atom. The molecule has 1 aromatic rings. The average Bonchev–Trinajstić information content (AvgIpc) is 2.98. The van der Waals surface area contributed by atoms with Gasteiger partial charge in [-0.2, -0.15) is 0 Å². The molecule has 2 unspecified atom stereocenters. The van der Waals surface area contributed by atoms with E-state index in [2.05, 4.69) is 5.32 Å². The molecule has 2 atom stereocenters. The number of carbonyl (C=O) groups is 1. The fourth-order valence-corrected chi connectivity index (χ4v) is 2.23. The monoisotopic (exact) mass is 249 g/mol. The van der Waals surface area contributed by atoms with Crippen molar-refractivity contribution in [2.24, 2.45) is 0 Å². The van der Waals surface area contributed by atoms with E-state index in [1.165, 1.54) is 0 Å². The van der Waals surface area contributed by atoms with E-state index in [4.69, 9.17) is 14.2 Å². The van der Waals surface area contributed by atoms with E-state index < -0.39 is 0 Å². The molecule has 0 aromatic heterocycles. The van der Waals surface area contributed by atoms with Gasteiger partial charge >= 0.3 is 5.97 Å². The van der Waals surface area contributed by atoms with Gasteiger partial charge in [-0.15, -0.1) is 0 Å². The number of cyclic esters (lactones) is 1. The zero-order valence-electron chi connectivity index (χ0n) is 10.1. The number of benzene rings is 1.